The maximum Gasteiger partial charge on any atom is 0.104 e. The number of rotatable bonds is 4. The Kier molecular flexibility index (Phi) is 3.09. The smallest absolute Gasteiger partial charge is 0.104 e. The number of pyridine rings is 1. The summed E-state index contributed by atoms with van der Waals surface area (Å²) in [4.78, 5) is 3.97. The quantitative estimate of drug-likeness (QED) is 0.879. The molecule has 1 aromatic carbocycles. The van der Waals surface area contributed by atoms with Gasteiger partial charge in [-0.05, 0) is 41.7 Å². The summed E-state index contributed by atoms with van der Waals surface area (Å²) in [7, 11) is 0. The van der Waals surface area contributed by atoms with Crippen LogP contribution in [0.4, 0.5) is 0 Å². The van der Waals surface area contributed by atoms with Gasteiger partial charge in [0.1, 0.15) is 6.10 Å². The molecule has 3 nitrogen and oxygen atoms in total. The number of nitrogens with two attached hydrogens (primary N) is 1. The van der Waals surface area contributed by atoms with Gasteiger partial charge in [-0.2, -0.15) is 0 Å². The summed E-state index contributed by atoms with van der Waals surface area (Å²) in [6.07, 6.45) is 5.10. The molecule has 1 atom stereocenters. The van der Waals surface area contributed by atoms with Crippen LogP contribution >= 0.6 is 0 Å². The highest BCUT2D eigenvalue weighted by molar-refractivity contribution is 5.38. The summed E-state index contributed by atoms with van der Waals surface area (Å²) in [5, 5.41) is 10.4. The van der Waals surface area contributed by atoms with Gasteiger partial charge in [-0.3, -0.25) is 4.98 Å². The number of aliphatic hydroxyl groups excluding tert-OH is 1. The third-order valence-electron chi connectivity index (χ3n) is 4.08. The Bertz CT molecular complexity index is 564. The Morgan fingerprint density at radius 2 is 1.89 bits per heavy atom. The zero-order valence-electron chi connectivity index (χ0n) is 10.8. The van der Waals surface area contributed by atoms with Crippen molar-refractivity contribution < 1.29 is 5.11 Å². The first-order chi connectivity index (χ1) is 9.25. The van der Waals surface area contributed by atoms with Gasteiger partial charge >= 0.3 is 0 Å². The second kappa shape index (κ2) is 4.76. The van der Waals surface area contributed by atoms with Crippen molar-refractivity contribution in [3.8, 4) is 0 Å². The molecule has 1 saturated carbocycles. The van der Waals surface area contributed by atoms with Gasteiger partial charge in [-0.1, -0.05) is 24.3 Å². The zero-order valence-corrected chi connectivity index (χ0v) is 10.8. The highest BCUT2D eigenvalue weighted by Crippen LogP contribution is 2.47. The van der Waals surface area contributed by atoms with Crippen LogP contribution < -0.4 is 5.73 Å². The van der Waals surface area contributed by atoms with Crippen molar-refractivity contribution >= 4 is 0 Å². The summed E-state index contributed by atoms with van der Waals surface area (Å²) in [5.41, 5.74) is 9.06. The van der Waals surface area contributed by atoms with Crippen LogP contribution in [0.25, 0.3) is 0 Å². The Hall–Kier alpha value is -1.71. The van der Waals surface area contributed by atoms with E-state index in [2.05, 4.69) is 17.1 Å². The molecule has 1 unspecified atom stereocenters. The normalized spacial score (nSPS) is 18.0. The van der Waals surface area contributed by atoms with Crippen molar-refractivity contribution in [2.24, 2.45) is 5.73 Å². The maximum absolute atomic E-state index is 10.4. The molecule has 98 valence electrons. The second-order valence-electron chi connectivity index (χ2n) is 5.29. The average Bonchev–Trinajstić information content (AvgIpc) is 3.29. The van der Waals surface area contributed by atoms with E-state index in [0.29, 0.717) is 6.54 Å². The Morgan fingerprint density at radius 1 is 1.16 bits per heavy atom. The fraction of sp³-hybridized carbons (Fsp3) is 0.312. The van der Waals surface area contributed by atoms with Crippen LogP contribution in [0, 0.1) is 0 Å². The van der Waals surface area contributed by atoms with Crippen molar-refractivity contribution in [1.29, 1.82) is 0 Å². The van der Waals surface area contributed by atoms with E-state index in [4.69, 9.17) is 5.73 Å². The molecule has 3 N–H and O–H groups in total. The van der Waals surface area contributed by atoms with Crippen molar-refractivity contribution in [3.63, 3.8) is 0 Å². The minimum Gasteiger partial charge on any atom is -0.384 e. The largest absolute Gasteiger partial charge is 0.384 e. The number of hydrogen-bond acceptors (Lipinski definition) is 3. The van der Waals surface area contributed by atoms with Crippen molar-refractivity contribution in [1.82, 2.24) is 4.98 Å². The van der Waals surface area contributed by atoms with E-state index in [-0.39, 0.29) is 5.41 Å². The van der Waals surface area contributed by atoms with Gasteiger partial charge in [-0.25, -0.2) is 0 Å². The molecule has 1 aromatic heterocycles. The summed E-state index contributed by atoms with van der Waals surface area (Å²) >= 11 is 0. The van der Waals surface area contributed by atoms with E-state index in [0.717, 1.165) is 24.0 Å². The molecule has 0 bridgehead atoms. The standard InChI is InChI=1S/C16H18N2O/c17-11-16(6-7-16)14-3-1-2-13(10-14)15(19)12-4-8-18-9-5-12/h1-5,8-10,15,19H,6-7,11,17H2. The molecule has 1 heterocycles. The minimum absolute atomic E-state index is 0.161. The summed E-state index contributed by atoms with van der Waals surface area (Å²) in [6.45, 7) is 0.682. The van der Waals surface area contributed by atoms with Gasteiger partial charge in [0, 0.05) is 24.4 Å². The lowest BCUT2D eigenvalue weighted by Gasteiger charge is -2.17. The highest BCUT2D eigenvalue weighted by Gasteiger charge is 2.42. The minimum atomic E-state index is -0.600. The molecule has 3 rings (SSSR count). The monoisotopic (exact) mass is 254 g/mol. The summed E-state index contributed by atoms with van der Waals surface area (Å²) in [6, 6.07) is 11.8. The van der Waals surface area contributed by atoms with Gasteiger partial charge in [0.05, 0.1) is 0 Å². The van der Waals surface area contributed by atoms with Crippen LogP contribution in [-0.2, 0) is 5.41 Å². The first kappa shape index (κ1) is 12.3. The maximum atomic E-state index is 10.4. The SMILES string of the molecule is NCC1(c2cccc(C(O)c3ccncc3)c2)CC1. The Balaban J connectivity index is 1.92. The molecule has 0 aliphatic heterocycles. The van der Waals surface area contributed by atoms with E-state index >= 15 is 0 Å². The molecule has 1 fully saturated rings. The van der Waals surface area contributed by atoms with E-state index < -0.39 is 6.10 Å². The molecule has 0 spiro atoms. The molecule has 1 aliphatic carbocycles. The average molecular weight is 254 g/mol. The number of benzene rings is 1. The van der Waals surface area contributed by atoms with Crippen LogP contribution in [0.5, 0.6) is 0 Å². The predicted molar refractivity (Wildman–Crippen MR) is 74.7 cm³/mol. The van der Waals surface area contributed by atoms with E-state index in [9.17, 15) is 5.11 Å². The lowest BCUT2D eigenvalue weighted by molar-refractivity contribution is 0.220. The van der Waals surface area contributed by atoms with Crippen molar-refractivity contribution in [3.05, 3.63) is 65.5 Å². The third kappa shape index (κ3) is 2.27. The number of hydrogen-bond donors (Lipinski definition) is 2. The molecule has 3 heteroatoms. The van der Waals surface area contributed by atoms with E-state index in [1.165, 1.54) is 5.56 Å². The first-order valence-electron chi connectivity index (χ1n) is 6.64. The van der Waals surface area contributed by atoms with Crippen LogP contribution in [0.1, 0.15) is 35.6 Å². The molecule has 2 aromatic rings. The van der Waals surface area contributed by atoms with Gasteiger partial charge in [0.2, 0.25) is 0 Å². The predicted octanol–water partition coefficient (Wildman–Crippen LogP) is 2.15. The molecule has 0 amide bonds. The fourth-order valence-corrected chi connectivity index (χ4v) is 2.54. The van der Waals surface area contributed by atoms with Crippen LogP contribution in [0.3, 0.4) is 0 Å². The molecule has 1 aliphatic rings. The van der Waals surface area contributed by atoms with Gasteiger partial charge in [0.25, 0.3) is 0 Å². The van der Waals surface area contributed by atoms with Gasteiger partial charge < -0.3 is 10.8 Å². The first-order valence-corrected chi connectivity index (χ1v) is 6.64. The molecular formula is C16H18N2O. The van der Waals surface area contributed by atoms with Gasteiger partial charge in [-0.15, -0.1) is 0 Å². The number of aromatic nitrogens is 1. The number of nitrogens with zero attached hydrogens (tertiary/aromatic N) is 1. The topological polar surface area (TPSA) is 59.1 Å². The number of aliphatic hydroxyl groups is 1. The zero-order chi connectivity index (χ0) is 13.3. The molecular weight excluding hydrogens is 236 g/mol. The molecule has 19 heavy (non-hydrogen) atoms. The van der Waals surface area contributed by atoms with Crippen LogP contribution in [0.2, 0.25) is 0 Å². The Morgan fingerprint density at radius 3 is 2.53 bits per heavy atom. The lowest BCUT2D eigenvalue weighted by Crippen LogP contribution is -2.20. The molecule has 0 saturated heterocycles. The fourth-order valence-electron chi connectivity index (χ4n) is 2.54. The van der Waals surface area contributed by atoms with Crippen LogP contribution in [-0.4, -0.2) is 16.6 Å². The van der Waals surface area contributed by atoms with Crippen molar-refractivity contribution in [2.75, 3.05) is 6.54 Å². The van der Waals surface area contributed by atoms with E-state index in [1.807, 2.05) is 24.3 Å². The Labute approximate surface area is 113 Å². The lowest BCUT2D eigenvalue weighted by atomic mass is 9.92. The molecule has 0 radical (unpaired) electrons. The van der Waals surface area contributed by atoms with E-state index in [1.54, 1.807) is 12.4 Å². The van der Waals surface area contributed by atoms with Gasteiger partial charge in [0.15, 0.2) is 0 Å². The third-order valence-corrected chi connectivity index (χ3v) is 4.08. The summed E-state index contributed by atoms with van der Waals surface area (Å²) in [5.74, 6) is 0. The van der Waals surface area contributed by atoms with Crippen LogP contribution in [0.15, 0.2) is 48.8 Å². The summed E-state index contributed by atoms with van der Waals surface area (Å²) < 4.78 is 0. The second-order valence-corrected chi connectivity index (χ2v) is 5.29. The van der Waals surface area contributed by atoms with Crippen molar-refractivity contribution in [2.45, 2.75) is 24.4 Å². The highest BCUT2D eigenvalue weighted by atomic mass is 16.3.